The molecule has 124 valence electrons. The predicted molar refractivity (Wildman–Crippen MR) is 86.1 cm³/mol. The zero-order valence-corrected chi connectivity index (χ0v) is 12.9. The maximum absolute atomic E-state index is 11.5. The molecule has 3 rings (SSSR count). The zero-order valence-electron chi connectivity index (χ0n) is 12.9. The number of phenols is 2. The van der Waals surface area contributed by atoms with Gasteiger partial charge in [-0.1, -0.05) is 30.3 Å². The number of phenolic OH excluding ortho intramolecular Hbond substituents is 2. The summed E-state index contributed by atoms with van der Waals surface area (Å²) in [4.78, 5) is 11.5. The van der Waals surface area contributed by atoms with Crippen LogP contribution in [0.1, 0.15) is 17.0 Å². The molecule has 1 atom stereocenters. The molecule has 0 saturated heterocycles. The first-order valence-corrected chi connectivity index (χ1v) is 7.26. The van der Waals surface area contributed by atoms with Gasteiger partial charge in [0.25, 0.3) is 0 Å². The number of ether oxygens (including phenoxy) is 3. The molecule has 0 saturated carbocycles. The number of allylic oxidation sites excluding steroid dienone is 1. The molecular weight excluding hydrogens is 312 g/mol. The third-order valence-corrected chi connectivity index (χ3v) is 3.66. The van der Waals surface area contributed by atoms with E-state index in [0.717, 1.165) is 5.56 Å². The van der Waals surface area contributed by atoms with Crippen molar-refractivity contribution in [2.24, 2.45) is 0 Å². The molecule has 24 heavy (non-hydrogen) atoms. The van der Waals surface area contributed by atoms with Gasteiger partial charge in [0.1, 0.15) is 17.8 Å². The van der Waals surface area contributed by atoms with Gasteiger partial charge < -0.3 is 29.2 Å². The maximum Gasteiger partial charge on any atom is 0.201 e. The summed E-state index contributed by atoms with van der Waals surface area (Å²) in [6.07, 6.45) is 2.28. The highest BCUT2D eigenvalue weighted by Crippen LogP contribution is 2.50. The maximum atomic E-state index is 11.5. The Morgan fingerprint density at radius 3 is 2.62 bits per heavy atom. The summed E-state index contributed by atoms with van der Waals surface area (Å²) in [6, 6.07) is 10.7. The van der Waals surface area contributed by atoms with Crippen molar-refractivity contribution < 1.29 is 29.2 Å². The molecule has 0 spiro atoms. The smallest absolute Gasteiger partial charge is 0.201 e. The number of hydrogen-bond acceptors (Lipinski definition) is 6. The van der Waals surface area contributed by atoms with E-state index in [4.69, 9.17) is 14.2 Å². The van der Waals surface area contributed by atoms with Crippen LogP contribution in [0.2, 0.25) is 0 Å². The number of hydrogen-bond donors (Lipinski definition) is 2. The van der Waals surface area contributed by atoms with Gasteiger partial charge in [-0.25, -0.2) is 0 Å². The molecule has 2 aromatic rings. The van der Waals surface area contributed by atoms with Crippen LogP contribution in [-0.2, 0) is 9.53 Å². The van der Waals surface area contributed by atoms with Crippen LogP contribution in [0.3, 0.4) is 0 Å². The summed E-state index contributed by atoms with van der Waals surface area (Å²) in [5, 5.41) is 20.3. The van der Waals surface area contributed by atoms with E-state index in [1.54, 1.807) is 6.08 Å². The second-order valence-corrected chi connectivity index (χ2v) is 5.20. The average Bonchev–Trinajstić information content (AvgIpc) is 2.63. The number of carbonyl (C=O) groups is 1. The molecule has 2 N–H and O–H groups in total. The molecule has 0 aliphatic carbocycles. The Balaban J connectivity index is 2.07. The minimum absolute atomic E-state index is 0.00654. The highest BCUT2D eigenvalue weighted by molar-refractivity contribution is 5.80. The van der Waals surface area contributed by atoms with Crippen LogP contribution in [-0.4, -0.2) is 30.4 Å². The van der Waals surface area contributed by atoms with Crippen molar-refractivity contribution in [2.75, 3.05) is 13.9 Å². The van der Waals surface area contributed by atoms with Gasteiger partial charge in [-0.15, -0.1) is 0 Å². The Morgan fingerprint density at radius 2 is 1.96 bits per heavy atom. The monoisotopic (exact) mass is 328 g/mol. The third-order valence-electron chi connectivity index (χ3n) is 3.66. The third kappa shape index (κ3) is 2.79. The summed E-state index contributed by atoms with van der Waals surface area (Å²) in [5.74, 6) is -0.909. The van der Waals surface area contributed by atoms with E-state index in [1.807, 2.05) is 30.3 Å². The van der Waals surface area contributed by atoms with Gasteiger partial charge in [-0.05, 0) is 6.08 Å². The molecular formula is C18H16O6. The number of rotatable bonds is 5. The molecule has 2 aromatic carbocycles. The zero-order chi connectivity index (χ0) is 17.1. The minimum atomic E-state index is -0.744. The van der Waals surface area contributed by atoms with Gasteiger partial charge in [-0.2, -0.15) is 0 Å². The van der Waals surface area contributed by atoms with Crippen LogP contribution in [0.25, 0.3) is 5.76 Å². The Kier molecular flexibility index (Phi) is 4.39. The van der Waals surface area contributed by atoms with Crippen molar-refractivity contribution in [3.8, 4) is 23.0 Å². The number of aldehydes is 1. The van der Waals surface area contributed by atoms with Gasteiger partial charge in [0.15, 0.2) is 18.3 Å². The summed E-state index contributed by atoms with van der Waals surface area (Å²) in [6.45, 7) is -0.107. The molecule has 1 aliphatic heterocycles. The van der Waals surface area contributed by atoms with E-state index in [0.29, 0.717) is 12.0 Å². The summed E-state index contributed by atoms with van der Waals surface area (Å²) in [7, 11) is 1.43. The normalized spacial score (nSPS) is 15.9. The summed E-state index contributed by atoms with van der Waals surface area (Å²) in [5.41, 5.74) is 0.994. The van der Waals surface area contributed by atoms with Crippen molar-refractivity contribution >= 4 is 12.0 Å². The van der Waals surface area contributed by atoms with E-state index in [1.165, 1.54) is 13.2 Å². The van der Waals surface area contributed by atoms with Crippen molar-refractivity contribution in [3.63, 3.8) is 0 Å². The molecule has 6 nitrogen and oxygen atoms in total. The Bertz CT molecular complexity index is 782. The van der Waals surface area contributed by atoms with Gasteiger partial charge in [-0.3, -0.25) is 0 Å². The molecule has 1 aliphatic rings. The van der Waals surface area contributed by atoms with Crippen LogP contribution in [0, 0.1) is 0 Å². The minimum Gasteiger partial charge on any atom is -0.504 e. The van der Waals surface area contributed by atoms with E-state index in [-0.39, 0.29) is 23.9 Å². The molecule has 6 heteroatoms. The number of carbonyl (C=O) groups excluding carboxylic acids is 1. The second kappa shape index (κ2) is 6.64. The fourth-order valence-corrected chi connectivity index (χ4v) is 2.53. The molecule has 0 fully saturated rings. The lowest BCUT2D eigenvalue weighted by molar-refractivity contribution is -0.108. The lowest BCUT2D eigenvalue weighted by Gasteiger charge is -2.24. The van der Waals surface area contributed by atoms with Gasteiger partial charge >= 0.3 is 0 Å². The van der Waals surface area contributed by atoms with E-state index >= 15 is 0 Å². The fraction of sp³-hybridized carbons (Fsp3) is 0.167. The van der Waals surface area contributed by atoms with Crippen LogP contribution < -0.4 is 9.47 Å². The molecule has 0 bridgehead atoms. The lowest BCUT2D eigenvalue weighted by Crippen LogP contribution is -2.11. The SMILES string of the molecule is COCOc1cc2c(c(O)c1O)C(C=O)C=C(c1ccccc1)O2. The number of fused-ring (bicyclic) bond motifs is 1. The molecule has 0 amide bonds. The Labute approximate surface area is 138 Å². The average molecular weight is 328 g/mol. The molecule has 0 radical (unpaired) electrons. The van der Waals surface area contributed by atoms with Crippen LogP contribution in [0.15, 0.2) is 42.5 Å². The van der Waals surface area contributed by atoms with Gasteiger partial charge in [0, 0.05) is 18.7 Å². The Hall–Kier alpha value is -2.99. The quantitative estimate of drug-likeness (QED) is 0.499. The fourth-order valence-electron chi connectivity index (χ4n) is 2.53. The number of benzene rings is 2. The first-order chi connectivity index (χ1) is 11.7. The van der Waals surface area contributed by atoms with Crippen LogP contribution in [0.4, 0.5) is 0 Å². The molecule has 1 heterocycles. The van der Waals surface area contributed by atoms with E-state index < -0.39 is 17.4 Å². The largest absolute Gasteiger partial charge is 0.504 e. The predicted octanol–water partition coefficient (Wildman–Crippen LogP) is 2.80. The second-order valence-electron chi connectivity index (χ2n) is 5.20. The van der Waals surface area contributed by atoms with Crippen molar-refractivity contribution in [3.05, 3.63) is 53.6 Å². The van der Waals surface area contributed by atoms with E-state index in [2.05, 4.69) is 0 Å². The van der Waals surface area contributed by atoms with E-state index in [9.17, 15) is 15.0 Å². The standard InChI is InChI=1S/C18H16O6/c1-22-10-23-15-8-14-16(18(21)17(15)20)12(9-19)7-13(24-14)11-5-3-2-4-6-11/h2-9,12,20-21H,10H2,1H3. The summed E-state index contributed by atoms with van der Waals surface area (Å²) >= 11 is 0. The highest BCUT2D eigenvalue weighted by atomic mass is 16.7. The van der Waals surface area contributed by atoms with Gasteiger partial charge in [0.05, 0.1) is 11.5 Å². The summed E-state index contributed by atoms with van der Waals surface area (Å²) < 4.78 is 15.8. The van der Waals surface area contributed by atoms with Crippen LogP contribution in [0.5, 0.6) is 23.0 Å². The lowest BCUT2D eigenvalue weighted by atomic mass is 9.93. The molecule has 0 aromatic heterocycles. The molecule has 1 unspecified atom stereocenters. The number of aromatic hydroxyl groups is 2. The van der Waals surface area contributed by atoms with Crippen molar-refractivity contribution in [2.45, 2.75) is 5.92 Å². The van der Waals surface area contributed by atoms with Crippen molar-refractivity contribution in [1.29, 1.82) is 0 Å². The number of methoxy groups -OCH3 is 1. The van der Waals surface area contributed by atoms with Gasteiger partial charge in [0.2, 0.25) is 5.75 Å². The topological polar surface area (TPSA) is 85.2 Å². The van der Waals surface area contributed by atoms with Crippen LogP contribution >= 0.6 is 0 Å². The van der Waals surface area contributed by atoms with Crippen molar-refractivity contribution in [1.82, 2.24) is 0 Å². The Morgan fingerprint density at radius 1 is 1.21 bits per heavy atom. The first-order valence-electron chi connectivity index (χ1n) is 7.26. The highest BCUT2D eigenvalue weighted by Gasteiger charge is 2.29. The first kappa shape index (κ1) is 15.9.